The van der Waals surface area contributed by atoms with Crippen molar-refractivity contribution in [1.82, 2.24) is 10.3 Å². The lowest BCUT2D eigenvalue weighted by atomic mass is 10.1. The van der Waals surface area contributed by atoms with Gasteiger partial charge in [0, 0.05) is 11.6 Å². The van der Waals surface area contributed by atoms with Crippen molar-refractivity contribution in [3.8, 4) is 0 Å². The lowest BCUT2D eigenvalue weighted by Gasteiger charge is -2.14. The molecule has 0 fully saturated rings. The number of carboxylic acid groups (broad SMARTS) is 1. The minimum Gasteiger partial charge on any atom is -0.480 e. The van der Waals surface area contributed by atoms with E-state index >= 15 is 0 Å². The average molecular weight is 304 g/mol. The van der Waals surface area contributed by atoms with Crippen LogP contribution >= 0.6 is 11.8 Å². The Morgan fingerprint density at radius 2 is 2.10 bits per heavy atom. The molecule has 2 rings (SSSR count). The van der Waals surface area contributed by atoms with E-state index in [2.05, 4.69) is 10.3 Å². The molecule has 0 radical (unpaired) electrons. The Kier molecular flexibility index (Phi) is 5.16. The number of aromatic nitrogens is 1. The third-order valence-corrected chi connectivity index (χ3v) is 3.74. The van der Waals surface area contributed by atoms with E-state index in [1.54, 1.807) is 36.2 Å². The van der Waals surface area contributed by atoms with Crippen molar-refractivity contribution >= 4 is 34.5 Å². The molecule has 1 amide bonds. The van der Waals surface area contributed by atoms with E-state index in [9.17, 15) is 9.59 Å². The zero-order valence-corrected chi connectivity index (χ0v) is 12.4. The number of benzene rings is 1. The Labute approximate surface area is 126 Å². The van der Waals surface area contributed by atoms with Gasteiger partial charge in [0.05, 0.1) is 11.1 Å². The maximum Gasteiger partial charge on any atom is 0.326 e. The fraction of sp³-hybridized carbons (Fsp3) is 0.267. The first-order chi connectivity index (χ1) is 10.1. The molecule has 0 bridgehead atoms. The largest absolute Gasteiger partial charge is 0.480 e. The van der Waals surface area contributed by atoms with Crippen LogP contribution in [0.1, 0.15) is 16.8 Å². The molecule has 1 heterocycles. The van der Waals surface area contributed by atoms with Crippen LogP contribution in [0.15, 0.2) is 36.5 Å². The summed E-state index contributed by atoms with van der Waals surface area (Å²) in [6.45, 7) is 0. The Balaban J connectivity index is 2.23. The Hall–Kier alpha value is -2.08. The minimum absolute atomic E-state index is 0.389. The topological polar surface area (TPSA) is 79.3 Å². The second kappa shape index (κ2) is 7.08. The third kappa shape index (κ3) is 3.72. The first kappa shape index (κ1) is 15.3. The number of nitrogens with one attached hydrogen (secondary N) is 1. The number of para-hydroxylation sites is 1. The predicted octanol–water partition coefficient (Wildman–Crippen LogP) is 2.17. The number of rotatable bonds is 6. The van der Waals surface area contributed by atoms with Crippen LogP contribution in [-0.4, -0.2) is 40.0 Å². The molecular weight excluding hydrogens is 288 g/mol. The molecule has 21 heavy (non-hydrogen) atoms. The van der Waals surface area contributed by atoms with Gasteiger partial charge >= 0.3 is 5.97 Å². The molecule has 0 aliphatic heterocycles. The average Bonchev–Trinajstić information content (AvgIpc) is 2.50. The number of aliphatic carboxylic acids is 1. The number of fused-ring (bicyclic) bond motifs is 1. The van der Waals surface area contributed by atoms with Crippen LogP contribution in [0.3, 0.4) is 0 Å². The van der Waals surface area contributed by atoms with E-state index in [4.69, 9.17) is 5.11 Å². The van der Waals surface area contributed by atoms with E-state index in [0.29, 0.717) is 23.3 Å². The van der Waals surface area contributed by atoms with Gasteiger partial charge in [0.15, 0.2) is 0 Å². The summed E-state index contributed by atoms with van der Waals surface area (Å²) in [4.78, 5) is 27.7. The monoisotopic (exact) mass is 304 g/mol. The molecule has 5 nitrogen and oxygen atoms in total. The van der Waals surface area contributed by atoms with Crippen LogP contribution in [0.25, 0.3) is 10.9 Å². The van der Waals surface area contributed by atoms with E-state index in [0.717, 1.165) is 5.39 Å². The van der Waals surface area contributed by atoms with Gasteiger partial charge in [-0.1, -0.05) is 18.2 Å². The molecule has 0 aliphatic rings. The second-order valence-electron chi connectivity index (χ2n) is 4.53. The van der Waals surface area contributed by atoms with Crippen LogP contribution in [0.5, 0.6) is 0 Å². The summed E-state index contributed by atoms with van der Waals surface area (Å²) >= 11 is 1.55. The molecule has 0 saturated carbocycles. The fourth-order valence-corrected chi connectivity index (χ4v) is 2.49. The van der Waals surface area contributed by atoms with Crippen LogP contribution in [-0.2, 0) is 4.79 Å². The fourth-order valence-electron chi connectivity index (χ4n) is 2.02. The van der Waals surface area contributed by atoms with Gasteiger partial charge in [-0.05, 0) is 30.6 Å². The number of hydrogen-bond donors (Lipinski definition) is 2. The number of amides is 1. The molecule has 0 spiro atoms. The number of pyridine rings is 1. The summed E-state index contributed by atoms with van der Waals surface area (Å²) in [5.74, 6) is -0.760. The third-order valence-electron chi connectivity index (χ3n) is 3.09. The highest BCUT2D eigenvalue weighted by molar-refractivity contribution is 7.98. The van der Waals surface area contributed by atoms with Gasteiger partial charge in [0.1, 0.15) is 6.04 Å². The number of carbonyl (C=O) groups is 2. The van der Waals surface area contributed by atoms with Gasteiger partial charge < -0.3 is 10.4 Å². The first-order valence-corrected chi connectivity index (χ1v) is 7.89. The highest BCUT2D eigenvalue weighted by atomic mass is 32.2. The summed E-state index contributed by atoms with van der Waals surface area (Å²) in [6, 6.07) is 8.05. The summed E-state index contributed by atoms with van der Waals surface area (Å²) < 4.78 is 0. The highest BCUT2D eigenvalue weighted by Crippen LogP contribution is 2.16. The second-order valence-corrected chi connectivity index (χ2v) is 5.51. The molecule has 110 valence electrons. The summed E-state index contributed by atoms with van der Waals surface area (Å²) in [5.41, 5.74) is 0.968. The van der Waals surface area contributed by atoms with Crippen LogP contribution in [0.2, 0.25) is 0 Å². The predicted molar refractivity (Wildman–Crippen MR) is 83.6 cm³/mol. The van der Waals surface area contributed by atoms with Gasteiger partial charge in [-0.3, -0.25) is 9.78 Å². The highest BCUT2D eigenvalue weighted by Gasteiger charge is 2.21. The van der Waals surface area contributed by atoms with E-state index in [1.807, 2.05) is 18.4 Å². The van der Waals surface area contributed by atoms with Crippen molar-refractivity contribution in [3.63, 3.8) is 0 Å². The minimum atomic E-state index is -1.02. The van der Waals surface area contributed by atoms with Crippen molar-refractivity contribution in [2.45, 2.75) is 12.5 Å². The zero-order chi connectivity index (χ0) is 15.2. The van der Waals surface area contributed by atoms with Gasteiger partial charge in [-0.25, -0.2) is 4.79 Å². The molecule has 0 aliphatic carbocycles. The molecule has 6 heteroatoms. The van der Waals surface area contributed by atoms with Crippen LogP contribution in [0.4, 0.5) is 0 Å². The Morgan fingerprint density at radius 3 is 2.81 bits per heavy atom. The lowest BCUT2D eigenvalue weighted by molar-refractivity contribution is -0.139. The molecule has 2 aromatic rings. The van der Waals surface area contributed by atoms with Crippen molar-refractivity contribution in [1.29, 1.82) is 0 Å². The molecule has 1 aromatic heterocycles. The standard InChI is InChI=1S/C15H16N2O3S/c1-21-9-7-12(15(19)20)17-14(18)11-6-2-4-10-5-3-8-16-13(10)11/h2-6,8,12H,7,9H2,1H3,(H,17,18)(H,19,20)/t12-/m0/s1. The Morgan fingerprint density at radius 1 is 1.33 bits per heavy atom. The smallest absolute Gasteiger partial charge is 0.326 e. The number of thioether (sulfide) groups is 1. The molecule has 1 aromatic carbocycles. The summed E-state index contributed by atoms with van der Waals surface area (Å²) in [7, 11) is 0. The maximum atomic E-state index is 12.3. The van der Waals surface area contributed by atoms with Crippen molar-refractivity contribution in [3.05, 3.63) is 42.1 Å². The Bertz CT molecular complexity index is 655. The quantitative estimate of drug-likeness (QED) is 0.855. The van der Waals surface area contributed by atoms with Gasteiger partial charge in [0.2, 0.25) is 0 Å². The van der Waals surface area contributed by atoms with Gasteiger partial charge in [0.25, 0.3) is 5.91 Å². The maximum absolute atomic E-state index is 12.3. The molecule has 2 N–H and O–H groups in total. The van der Waals surface area contributed by atoms with Crippen molar-refractivity contribution in [2.24, 2.45) is 0 Å². The van der Waals surface area contributed by atoms with Crippen LogP contribution in [0, 0.1) is 0 Å². The van der Waals surface area contributed by atoms with Crippen molar-refractivity contribution < 1.29 is 14.7 Å². The molecule has 0 saturated heterocycles. The van der Waals surface area contributed by atoms with Gasteiger partial charge in [-0.15, -0.1) is 0 Å². The van der Waals surface area contributed by atoms with Crippen LogP contribution < -0.4 is 5.32 Å². The first-order valence-electron chi connectivity index (χ1n) is 6.50. The molecule has 1 atom stereocenters. The van der Waals surface area contributed by atoms with E-state index in [-0.39, 0.29) is 0 Å². The van der Waals surface area contributed by atoms with E-state index < -0.39 is 17.9 Å². The zero-order valence-electron chi connectivity index (χ0n) is 11.6. The number of carbonyl (C=O) groups excluding carboxylic acids is 1. The number of carboxylic acids is 1. The summed E-state index contributed by atoms with van der Waals surface area (Å²) in [6.07, 6.45) is 3.90. The lowest BCUT2D eigenvalue weighted by Crippen LogP contribution is -2.41. The van der Waals surface area contributed by atoms with E-state index in [1.165, 1.54) is 0 Å². The summed E-state index contributed by atoms with van der Waals surface area (Å²) in [5, 5.41) is 12.6. The number of hydrogen-bond acceptors (Lipinski definition) is 4. The molecular formula is C15H16N2O3S. The van der Waals surface area contributed by atoms with Gasteiger partial charge in [-0.2, -0.15) is 11.8 Å². The molecule has 0 unspecified atom stereocenters. The normalized spacial score (nSPS) is 12.0. The number of nitrogens with zero attached hydrogens (tertiary/aromatic N) is 1. The SMILES string of the molecule is CSCC[C@H](NC(=O)c1cccc2cccnc12)C(=O)O. The van der Waals surface area contributed by atoms with Crippen molar-refractivity contribution in [2.75, 3.05) is 12.0 Å².